The summed E-state index contributed by atoms with van der Waals surface area (Å²) in [5.41, 5.74) is 0.507. The zero-order valence-electron chi connectivity index (χ0n) is 15.5. The van der Waals surface area contributed by atoms with Crippen molar-refractivity contribution in [1.82, 2.24) is 15.1 Å². The van der Waals surface area contributed by atoms with Crippen LogP contribution in [-0.4, -0.2) is 69.2 Å². The minimum Gasteiger partial charge on any atom is -0.381 e. The molecule has 140 valence electrons. The molecule has 0 amide bonds. The highest BCUT2D eigenvalue weighted by molar-refractivity contribution is 6.31. The molecule has 0 atom stereocenters. The molecule has 0 radical (unpaired) electrons. The van der Waals surface area contributed by atoms with Crippen molar-refractivity contribution < 1.29 is 9.13 Å². The molecule has 7 heteroatoms. The molecule has 1 N–H and O–H groups in total. The van der Waals surface area contributed by atoms with Crippen molar-refractivity contribution in [3.8, 4) is 0 Å². The highest BCUT2D eigenvalue weighted by Gasteiger charge is 2.35. The molecule has 1 fully saturated rings. The minimum atomic E-state index is -0.302. The molecule has 1 aliphatic heterocycles. The quantitative estimate of drug-likeness (QED) is 0.639. The number of halogens is 2. The predicted molar refractivity (Wildman–Crippen MR) is 101 cm³/mol. The summed E-state index contributed by atoms with van der Waals surface area (Å²) in [5, 5.41) is 3.86. The Morgan fingerprint density at radius 2 is 2.00 bits per heavy atom. The number of likely N-dealkylation sites (N-methyl/N-ethyl adjacent to an activating group) is 1. The predicted octanol–water partition coefficient (Wildman–Crippen LogP) is 2.60. The van der Waals surface area contributed by atoms with Gasteiger partial charge in [0.1, 0.15) is 5.82 Å². The van der Waals surface area contributed by atoms with E-state index < -0.39 is 0 Å². The van der Waals surface area contributed by atoms with Crippen LogP contribution in [0.3, 0.4) is 0 Å². The maximum atomic E-state index is 14.0. The SMILES string of the molecule is CN=C(NCC1(N(C)C)CCOCC1)N(C)Cc1c(F)cccc1Cl. The molecular formula is C18H28ClFN4O. The first kappa shape index (κ1) is 19.9. The second-order valence-corrected chi connectivity index (χ2v) is 7.10. The van der Waals surface area contributed by atoms with E-state index in [0.717, 1.165) is 32.6 Å². The van der Waals surface area contributed by atoms with Crippen molar-refractivity contribution in [2.24, 2.45) is 4.99 Å². The van der Waals surface area contributed by atoms with Crippen molar-refractivity contribution in [3.05, 3.63) is 34.6 Å². The summed E-state index contributed by atoms with van der Waals surface area (Å²) in [7, 11) is 7.80. The highest BCUT2D eigenvalue weighted by Crippen LogP contribution is 2.25. The fourth-order valence-electron chi connectivity index (χ4n) is 3.16. The second kappa shape index (κ2) is 8.83. The third-order valence-corrected chi connectivity index (χ3v) is 5.33. The highest BCUT2D eigenvalue weighted by atomic mass is 35.5. The number of hydrogen-bond acceptors (Lipinski definition) is 3. The van der Waals surface area contributed by atoms with Crippen LogP contribution < -0.4 is 5.32 Å². The molecule has 0 spiro atoms. The Balaban J connectivity index is 2.04. The van der Waals surface area contributed by atoms with Crippen molar-refractivity contribution in [2.75, 3.05) is 47.9 Å². The number of guanidine groups is 1. The standard InChI is InChI=1S/C18H28ClFN4O/c1-21-17(22-13-18(23(2)3)8-10-25-11-9-18)24(4)12-14-15(19)6-5-7-16(14)20/h5-7H,8-13H2,1-4H3,(H,21,22). The van der Waals surface area contributed by atoms with Gasteiger partial charge in [-0.25, -0.2) is 4.39 Å². The van der Waals surface area contributed by atoms with E-state index in [9.17, 15) is 4.39 Å². The summed E-state index contributed by atoms with van der Waals surface area (Å²) in [6.45, 7) is 2.63. The van der Waals surface area contributed by atoms with Gasteiger partial charge in [0.2, 0.25) is 0 Å². The lowest BCUT2D eigenvalue weighted by Crippen LogP contribution is -2.57. The van der Waals surface area contributed by atoms with Crippen molar-refractivity contribution in [2.45, 2.75) is 24.9 Å². The Morgan fingerprint density at radius 3 is 2.56 bits per heavy atom. The van der Waals surface area contributed by atoms with Crippen LogP contribution in [-0.2, 0) is 11.3 Å². The van der Waals surface area contributed by atoms with E-state index in [4.69, 9.17) is 16.3 Å². The smallest absolute Gasteiger partial charge is 0.193 e. The van der Waals surface area contributed by atoms with Gasteiger partial charge < -0.3 is 19.9 Å². The number of ether oxygens (including phenoxy) is 1. The van der Waals surface area contributed by atoms with E-state index >= 15 is 0 Å². The van der Waals surface area contributed by atoms with Crippen LogP contribution in [0.25, 0.3) is 0 Å². The van der Waals surface area contributed by atoms with E-state index in [1.165, 1.54) is 6.07 Å². The fraction of sp³-hybridized carbons (Fsp3) is 0.611. The van der Waals surface area contributed by atoms with Crippen LogP contribution in [0, 0.1) is 5.82 Å². The normalized spacial score (nSPS) is 17.6. The van der Waals surface area contributed by atoms with E-state index in [1.54, 1.807) is 19.2 Å². The average molecular weight is 371 g/mol. The molecule has 1 aromatic carbocycles. The Morgan fingerprint density at radius 1 is 1.32 bits per heavy atom. The molecule has 5 nitrogen and oxygen atoms in total. The number of hydrogen-bond donors (Lipinski definition) is 1. The third kappa shape index (κ3) is 4.84. The summed E-state index contributed by atoms with van der Waals surface area (Å²) < 4.78 is 19.5. The van der Waals surface area contributed by atoms with E-state index in [1.807, 2.05) is 11.9 Å². The third-order valence-electron chi connectivity index (χ3n) is 4.98. The molecule has 0 unspecified atom stereocenters. The molecule has 0 aromatic heterocycles. The lowest BCUT2D eigenvalue weighted by atomic mass is 9.88. The largest absolute Gasteiger partial charge is 0.381 e. The van der Waals surface area contributed by atoms with Crippen LogP contribution in [0.2, 0.25) is 5.02 Å². The lowest BCUT2D eigenvalue weighted by molar-refractivity contribution is -0.00522. The molecule has 1 aliphatic rings. The van der Waals surface area contributed by atoms with E-state index in [0.29, 0.717) is 23.1 Å². The van der Waals surface area contributed by atoms with Gasteiger partial charge >= 0.3 is 0 Å². The topological polar surface area (TPSA) is 40.1 Å². The van der Waals surface area contributed by atoms with Gasteiger partial charge in [0.15, 0.2) is 5.96 Å². The van der Waals surface area contributed by atoms with Gasteiger partial charge in [-0.3, -0.25) is 4.99 Å². The van der Waals surface area contributed by atoms with Crippen molar-refractivity contribution in [3.63, 3.8) is 0 Å². The minimum absolute atomic E-state index is 0.0324. The Kier molecular flexibility index (Phi) is 7.04. The number of rotatable bonds is 5. The lowest BCUT2D eigenvalue weighted by Gasteiger charge is -2.43. The molecule has 25 heavy (non-hydrogen) atoms. The molecule has 2 rings (SSSR count). The molecule has 1 heterocycles. The van der Waals surface area contributed by atoms with Gasteiger partial charge in [0.25, 0.3) is 0 Å². The Bertz CT molecular complexity index is 582. The van der Waals surface area contributed by atoms with Crippen molar-refractivity contribution >= 4 is 17.6 Å². The zero-order chi connectivity index (χ0) is 18.4. The maximum Gasteiger partial charge on any atom is 0.193 e. The molecule has 1 saturated heterocycles. The van der Waals surface area contributed by atoms with Gasteiger partial charge in [-0.15, -0.1) is 0 Å². The first-order valence-electron chi connectivity index (χ1n) is 8.49. The zero-order valence-corrected chi connectivity index (χ0v) is 16.2. The monoisotopic (exact) mass is 370 g/mol. The van der Waals surface area contributed by atoms with E-state index in [2.05, 4.69) is 29.3 Å². The van der Waals surface area contributed by atoms with Gasteiger partial charge in [0, 0.05) is 56.5 Å². The first-order valence-corrected chi connectivity index (χ1v) is 8.87. The Labute approximate surface area is 154 Å². The number of nitrogens with one attached hydrogen (secondary N) is 1. The summed E-state index contributed by atoms with van der Waals surface area (Å²) in [5.74, 6) is 0.413. The number of aliphatic imine (C=N–C) groups is 1. The molecule has 0 bridgehead atoms. The van der Waals surface area contributed by atoms with Crippen molar-refractivity contribution in [1.29, 1.82) is 0 Å². The fourth-order valence-corrected chi connectivity index (χ4v) is 3.38. The summed E-state index contributed by atoms with van der Waals surface area (Å²) in [4.78, 5) is 8.47. The summed E-state index contributed by atoms with van der Waals surface area (Å²) in [6.07, 6.45) is 1.93. The second-order valence-electron chi connectivity index (χ2n) is 6.69. The van der Waals surface area contributed by atoms with E-state index in [-0.39, 0.29) is 11.4 Å². The van der Waals surface area contributed by atoms with Crippen LogP contribution in [0.1, 0.15) is 18.4 Å². The van der Waals surface area contributed by atoms with Gasteiger partial charge in [0.05, 0.1) is 0 Å². The summed E-state index contributed by atoms with van der Waals surface area (Å²) in [6, 6.07) is 4.74. The molecule has 0 aliphatic carbocycles. The molecule has 0 saturated carbocycles. The summed E-state index contributed by atoms with van der Waals surface area (Å²) >= 11 is 6.14. The molecule has 1 aromatic rings. The van der Waals surface area contributed by atoms with Gasteiger partial charge in [-0.05, 0) is 39.1 Å². The number of benzene rings is 1. The van der Waals surface area contributed by atoms with Crippen LogP contribution in [0.15, 0.2) is 23.2 Å². The van der Waals surface area contributed by atoms with Gasteiger partial charge in [-0.1, -0.05) is 17.7 Å². The molecular weight excluding hydrogens is 343 g/mol. The maximum absolute atomic E-state index is 14.0. The van der Waals surface area contributed by atoms with Gasteiger partial charge in [-0.2, -0.15) is 0 Å². The Hall–Kier alpha value is -1.37. The van der Waals surface area contributed by atoms with Crippen LogP contribution in [0.4, 0.5) is 4.39 Å². The van der Waals surface area contributed by atoms with Crippen LogP contribution in [0.5, 0.6) is 0 Å². The van der Waals surface area contributed by atoms with Crippen LogP contribution >= 0.6 is 11.6 Å². The first-order chi connectivity index (χ1) is 11.9. The average Bonchev–Trinajstić information content (AvgIpc) is 2.59. The number of nitrogens with zero attached hydrogens (tertiary/aromatic N) is 3.